The normalized spacial score (nSPS) is 25.1. The van der Waals surface area contributed by atoms with Crippen molar-refractivity contribution in [2.75, 3.05) is 7.11 Å². The van der Waals surface area contributed by atoms with Crippen molar-refractivity contribution in [3.63, 3.8) is 0 Å². The standard InChI is InChI=1S/C16H23FO2/c1-3-11-4-6-12(7-5-11)16(18)13-8-9-15(19-2)14(17)10-13/h8-12,16,18H,3-7H2,1-2H3. The van der Waals surface area contributed by atoms with E-state index in [4.69, 9.17) is 4.74 Å². The molecule has 2 rings (SSSR count). The molecule has 106 valence electrons. The average molecular weight is 266 g/mol. The van der Waals surface area contributed by atoms with Gasteiger partial charge in [0.25, 0.3) is 0 Å². The molecule has 0 radical (unpaired) electrons. The van der Waals surface area contributed by atoms with Crippen molar-refractivity contribution in [3.8, 4) is 5.75 Å². The number of benzene rings is 1. The Labute approximate surface area is 114 Å². The molecule has 19 heavy (non-hydrogen) atoms. The van der Waals surface area contributed by atoms with Crippen molar-refractivity contribution in [1.82, 2.24) is 0 Å². The lowest BCUT2D eigenvalue weighted by Gasteiger charge is -2.31. The maximum atomic E-state index is 13.7. The second-order valence-electron chi connectivity index (χ2n) is 5.53. The quantitative estimate of drug-likeness (QED) is 0.889. The fourth-order valence-corrected chi connectivity index (χ4v) is 3.05. The van der Waals surface area contributed by atoms with Crippen LogP contribution in [0, 0.1) is 17.7 Å². The van der Waals surface area contributed by atoms with E-state index in [1.165, 1.54) is 32.4 Å². The molecule has 1 aliphatic carbocycles. The Hall–Kier alpha value is -1.09. The fraction of sp³-hybridized carbons (Fsp3) is 0.625. The number of ether oxygens (including phenoxy) is 1. The lowest BCUT2D eigenvalue weighted by atomic mass is 9.77. The van der Waals surface area contributed by atoms with E-state index in [0.717, 1.165) is 18.8 Å². The molecule has 1 aliphatic rings. The van der Waals surface area contributed by atoms with Crippen LogP contribution in [0.4, 0.5) is 4.39 Å². The van der Waals surface area contributed by atoms with Gasteiger partial charge in [-0.15, -0.1) is 0 Å². The van der Waals surface area contributed by atoms with Crippen LogP contribution < -0.4 is 4.74 Å². The largest absolute Gasteiger partial charge is 0.494 e. The lowest BCUT2D eigenvalue weighted by Crippen LogP contribution is -2.20. The molecular weight excluding hydrogens is 243 g/mol. The minimum Gasteiger partial charge on any atom is -0.494 e. The van der Waals surface area contributed by atoms with Gasteiger partial charge in [0, 0.05) is 0 Å². The molecule has 0 amide bonds. The Morgan fingerprint density at radius 3 is 2.53 bits per heavy atom. The van der Waals surface area contributed by atoms with Crippen LogP contribution in [0.15, 0.2) is 18.2 Å². The van der Waals surface area contributed by atoms with Gasteiger partial charge in [0.2, 0.25) is 0 Å². The van der Waals surface area contributed by atoms with Crippen LogP contribution in [0.3, 0.4) is 0 Å². The summed E-state index contributed by atoms with van der Waals surface area (Å²) < 4.78 is 18.6. The molecule has 1 aromatic carbocycles. The molecule has 0 saturated heterocycles. The molecule has 0 spiro atoms. The summed E-state index contributed by atoms with van der Waals surface area (Å²) in [6.45, 7) is 2.22. The monoisotopic (exact) mass is 266 g/mol. The summed E-state index contributed by atoms with van der Waals surface area (Å²) in [6, 6.07) is 4.75. The minimum absolute atomic E-state index is 0.227. The molecule has 0 bridgehead atoms. The van der Waals surface area contributed by atoms with E-state index >= 15 is 0 Å². The molecule has 1 fully saturated rings. The van der Waals surface area contributed by atoms with Gasteiger partial charge in [-0.05, 0) is 42.4 Å². The van der Waals surface area contributed by atoms with Gasteiger partial charge >= 0.3 is 0 Å². The third-order valence-electron chi connectivity index (χ3n) is 4.43. The molecule has 3 heteroatoms. The first-order chi connectivity index (χ1) is 9.15. The molecule has 0 aliphatic heterocycles. The number of hydrogen-bond donors (Lipinski definition) is 1. The van der Waals surface area contributed by atoms with E-state index in [-0.39, 0.29) is 11.7 Å². The number of halogens is 1. The Bertz CT molecular complexity index is 411. The maximum absolute atomic E-state index is 13.7. The average Bonchev–Trinajstić information content (AvgIpc) is 2.46. The van der Waals surface area contributed by atoms with Crippen LogP contribution >= 0.6 is 0 Å². The molecular formula is C16H23FO2. The minimum atomic E-state index is -0.557. The van der Waals surface area contributed by atoms with E-state index in [1.54, 1.807) is 12.1 Å². The van der Waals surface area contributed by atoms with Crippen molar-refractivity contribution < 1.29 is 14.2 Å². The van der Waals surface area contributed by atoms with E-state index in [0.29, 0.717) is 5.56 Å². The van der Waals surface area contributed by atoms with Gasteiger partial charge in [0.1, 0.15) is 0 Å². The number of aliphatic hydroxyl groups excluding tert-OH is 1. The Kier molecular flexibility index (Phi) is 4.81. The maximum Gasteiger partial charge on any atom is 0.165 e. The summed E-state index contributed by atoms with van der Waals surface area (Å²) in [5.41, 5.74) is 0.665. The highest BCUT2D eigenvalue weighted by Crippen LogP contribution is 2.38. The first-order valence-corrected chi connectivity index (χ1v) is 7.17. The van der Waals surface area contributed by atoms with Gasteiger partial charge in [0.15, 0.2) is 11.6 Å². The summed E-state index contributed by atoms with van der Waals surface area (Å²) in [5, 5.41) is 10.4. The second-order valence-corrected chi connectivity index (χ2v) is 5.53. The summed E-state index contributed by atoms with van der Waals surface area (Å²) in [7, 11) is 1.44. The molecule has 1 unspecified atom stereocenters. The summed E-state index contributed by atoms with van der Waals surface area (Å²) in [4.78, 5) is 0. The van der Waals surface area contributed by atoms with E-state index in [2.05, 4.69) is 6.92 Å². The van der Waals surface area contributed by atoms with Gasteiger partial charge in [0.05, 0.1) is 13.2 Å². The Morgan fingerprint density at radius 1 is 1.32 bits per heavy atom. The van der Waals surface area contributed by atoms with E-state index < -0.39 is 11.9 Å². The first kappa shape index (κ1) is 14.3. The smallest absolute Gasteiger partial charge is 0.165 e. The molecule has 2 nitrogen and oxygen atoms in total. The zero-order valence-electron chi connectivity index (χ0n) is 11.7. The number of hydrogen-bond acceptors (Lipinski definition) is 2. The number of rotatable bonds is 4. The lowest BCUT2D eigenvalue weighted by molar-refractivity contribution is 0.0726. The van der Waals surface area contributed by atoms with E-state index in [9.17, 15) is 9.50 Å². The van der Waals surface area contributed by atoms with Crippen LogP contribution in [-0.4, -0.2) is 12.2 Å². The molecule has 0 heterocycles. The van der Waals surface area contributed by atoms with Crippen LogP contribution in [0.5, 0.6) is 5.75 Å². The van der Waals surface area contributed by atoms with Crippen LogP contribution in [-0.2, 0) is 0 Å². The highest BCUT2D eigenvalue weighted by molar-refractivity contribution is 5.30. The van der Waals surface area contributed by atoms with Crippen molar-refractivity contribution in [2.45, 2.75) is 45.1 Å². The predicted molar refractivity (Wildman–Crippen MR) is 73.7 cm³/mol. The molecule has 1 saturated carbocycles. The topological polar surface area (TPSA) is 29.5 Å². The van der Waals surface area contributed by atoms with Gasteiger partial charge in [-0.25, -0.2) is 4.39 Å². The Balaban J connectivity index is 2.03. The molecule has 0 aromatic heterocycles. The number of aliphatic hydroxyl groups is 1. The predicted octanol–water partition coefficient (Wildman–Crippen LogP) is 4.08. The van der Waals surface area contributed by atoms with Crippen LogP contribution in [0.2, 0.25) is 0 Å². The second kappa shape index (κ2) is 6.38. The third kappa shape index (κ3) is 3.27. The summed E-state index contributed by atoms with van der Waals surface area (Å²) in [6.07, 6.45) is 5.09. The third-order valence-corrected chi connectivity index (χ3v) is 4.43. The van der Waals surface area contributed by atoms with E-state index in [1.807, 2.05) is 0 Å². The summed E-state index contributed by atoms with van der Waals surface area (Å²) in [5.74, 6) is 0.888. The molecule has 1 atom stereocenters. The van der Waals surface area contributed by atoms with Crippen molar-refractivity contribution >= 4 is 0 Å². The highest BCUT2D eigenvalue weighted by Gasteiger charge is 2.27. The SMILES string of the molecule is CCC1CCC(C(O)c2ccc(OC)c(F)c2)CC1. The first-order valence-electron chi connectivity index (χ1n) is 7.17. The highest BCUT2D eigenvalue weighted by atomic mass is 19.1. The molecule has 1 aromatic rings. The van der Waals surface area contributed by atoms with Crippen molar-refractivity contribution in [1.29, 1.82) is 0 Å². The molecule has 1 N–H and O–H groups in total. The zero-order chi connectivity index (χ0) is 13.8. The van der Waals surface area contributed by atoms with Crippen LogP contribution in [0.1, 0.15) is 50.7 Å². The zero-order valence-corrected chi connectivity index (χ0v) is 11.7. The number of methoxy groups -OCH3 is 1. The Morgan fingerprint density at radius 2 is 2.00 bits per heavy atom. The van der Waals surface area contributed by atoms with Crippen molar-refractivity contribution in [3.05, 3.63) is 29.6 Å². The van der Waals surface area contributed by atoms with Gasteiger partial charge in [-0.2, -0.15) is 0 Å². The van der Waals surface area contributed by atoms with Crippen molar-refractivity contribution in [2.24, 2.45) is 11.8 Å². The fourth-order valence-electron chi connectivity index (χ4n) is 3.05. The van der Waals surface area contributed by atoms with Gasteiger partial charge < -0.3 is 9.84 Å². The van der Waals surface area contributed by atoms with Crippen LogP contribution in [0.25, 0.3) is 0 Å². The van der Waals surface area contributed by atoms with Gasteiger partial charge in [-0.1, -0.05) is 32.3 Å². The summed E-state index contributed by atoms with van der Waals surface area (Å²) >= 11 is 0. The van der Waals surface area contributed by atoms with Gasteiger partial charge in [-0.3, -0.25) is 0 Å².